The van der Waals surface area contributed by atoms with Crippen LogP contribution in [0.5, 0.6) is 5.75 Å². The average molecular weight is 376 g/mol. The second-order valence-electron chi connectivity index (χ2n) is 6.66. The summed E-state index contributed by atoms with van der Waals surface area (Å²) in [5, 5.41) is 5.08. The second kappa shape index (κ2) is 11.2. The largest absolute Gasteiger partial charge is 0.484 e. The van der Waals surface area contributed by atoms with Crippen molar-refractivity contribution in [3.8, 4) is 5.75 Å². The Hall–Kier alpha value is -2.57. The summed E-state index contributed by atoms with van der Waals surface area (Å²) in [6.07, 6.45) is 7.09. The molecule has 0 aliphatic heterocycles. The van der Waals surface area contributed by atoms with Crippen LogP contribution in [0.1, 0.15) is 62.2 Å². The maximum absolute atomic E-state index is 11.8. The number of hydrogen-bond donors (Lipinski definition) is 2. The van der Waals surface area contributed by atoms with E-state index in [1.54, 1.807) is 24.3 Å². The number of rotatable bonds is 8. The highest BCUT2D eigenvalue weighted by Crippen LogP contribution is 2.17. The Kier molecular flexibility index (Phi) is 8.61. The fourth-order valence-corrected chi connectivity index (χ4v) is 2.86. The molecule has 0 bridgehead atoms. The molecule has 0 spiro atoms. The summed E-state index contributed by atoms with van der Waals surface area (Å²) >= 11 is 0. The molecular formula is C20H28N2O5. The number of benzene rings is 1. The average Bonchev–Trinajstić information content (AvgIpc) is 2.67. The van der Waals surface area contributed by atoms with Crippen LogP contribution in [0.15, 0.2) is 24.3 Å². The Balaban J connectivity index is 1.69. The molecule has 1 aliphatic rings. The van der Waals surface area contributed by atoms with Gasteiger partial charge in [-0.3, -0.25) is 10.1 Å². The molecule has 0 aromatic heterocycles. The summed E-state index contributed by atoms with van der Waals surface area (Å²) in [5.41, 5.74) is 0.426. The molecule has 0 radical (unpaired) electrons. The summed E-state index contributed by atoms with van der Waals surface area (Å²) in [5.74, 6) is -0.471. The van der Waals surface area contributed by atoms with E-state index in [2.05, 4.69) is 10.6 Å². The van der Waals surface area contributed by atoms with Crippen LogP contribution in [0.4, 0.5) is 4.79 Å². The number of ether oxygens (including phenoxy) is 2. The molecule has 0 saturated heterocycles. The van der Waals surface area contributed by atoms with Gasteiger partial charge in [0.15, 0.2) is 6.61 Å². The molecule has 1 aromatic carbocycles. The van der Waals surface area contributed by atoms with Crippen molar-refractivity contribution in [3.05, 3.63) is 29.8 Å². The quantitative estimate of drug-likeness (QED) is 0.537. The standard InChI is InChI=1S/C20H28N2O5/c1-2-3-13-26-19(24)15-9-11-17(12-10-15)27-14-18(23)22-20(25)21-16-7-5-4-6-8-16/h9-12,16H,2-8,13-14H2,1H3,(H2,21,22,23,25). The second-order valence-corrected chi connectivity index (χ2v) is 6.66. The van der Waals surface area contributed by atoms with Crippen LogP contribution in [0.2, 0.25) is 0 Å². The van der Waals surface area contributed by atoms with Gasteiger partial charge in [-0.15, -0.1) is 0 Å². The first-order valence-corrected chi connectivity index (χ1v) is 9.59. The van der Waals surface area contributed by atoms with Crippen molar-refractivity contribution in [1.29, 1.82) is 0 Å². The number of imide groups is 1. The molecule has 3 amide bonds. The maximum Gasteiger partial charge on any atom is 0.338 e. The van der Waals surface area contributed by atoms with Gasteiger partial charge >= 0.3 is 12.0 Å². The van der Waals surface area contributed by atoms with Crippen molar-refractivity contribution in [3.63, 3.8) is 0 Å². The van der Waals surface area contributed by atoms with Crippen molar-refractivity contribution < 1.29 is 23.9 Å². The van der Waals surface area contributed by atoms with Gasteiger partial charge in [0, 0.05) is 6.04 Å². The van der Waals surface area contributed by atoms with Gasteiger partial charge in [0.25, 0.3) is 5.91 Å². The van der Waals surface area contributed by atoms with Crippen LogP contribution in [-0.4, -0.2) is 37.2 Å². The zero-order valence-corrected chi connectivity index (χ0v) is 15.8. The zero-order valence-electron chi connectivity index (χ0n) is 15.8. The lowest BCUT2D eigenvalue weighted by molar-refractivity contribution is -0.122. The normalized spacial score (nSPS) is 14.3. The summed E-state index contributed by atoms with van der Waals surface area (Å²) in [6.45, 7) is 2.14. The Bertz CT molecular complexity index is 624. The first-order chi connectivity index (χ1) is 13.1. The first-order valence-electron chi connectivity index (χ1n) is 9.59. The van der Waals surface area contributed by atoms with Crippen molar-refractivity contribution >= 4 is 17.9 Å². The number of esters is 1. The Labute approximate surface area is 159 Å². The first kappa shape index (κ1) is 20.7. The highest BCUT2D eigenvalue weighted by molar-refractivity contribution is 5.95. The molecule has 1 saturated carbocycles. The van der Waals surface area contributed by atoms with Crippen LogP contribution in [0.3, 0.4) is 0 Å². The Morgan fingerprint density at radius 1 is 1.07 bits per heavy atom. The summed E-state index contributed by atoms with van der Waals surface area (Å²) in [7, 11) is 0. The third-order valence-corrected chi connectivity index (χ3v) is 4.38. The van der Waals surface area contributed by atoms with Gasteiger partial charge in [-0.1, -0.05) is 32.6 Å². The number of urea groups is 1. The minimum atomic E-state index is -0.522. The lowest BCUT2D eigenvalue weighted by Crippen LogP contribution is -2.46. The molecule has 1 fully saturated rings. The SMILES string of the molecule is CCCCOC(=O)c1ccc(OCC(=O)NC(=O)NC2CCCCC2)cc1. The third kappa shape index (κ3) is 7.68. The third-order valence-electron chi connectivity index (χ3n) is 4.38. The molecule has 0 atom stereocenters. The highest BCUT2D eigenvalue weighted by Gasteiger charge is 2.17. The van der Waals surface area contributed by atoms with Crippen LogP contribution in [0.25, 0.3) is 0 Å². The van der Waals surface area contributed by atoms with Gasteiger partial charge in [-0.2, -0.15) is 0 Å². The van der Waals surface area contributed by atoms with Gasteiger partial charge in [-0.05, 0) is 43.5 Å². The number of carbonyl (C=O) groups excluding carboxylic acids is 3. The maximum atomic E-state index is 11.8. The van der Waals surface area contributed by atoms with E-state index >= 15 is 0 Å². The van der Waals surface area contributed by atoms with E-state index in [1.165, 1.54) is 6.42 Å². The highest BCUT2D eigenvalue weighted by atomic mass is 16.5. The van der Waals surface area contributed by atoms with E-state index in [9.17, 15) is 14.4 Å². The van der Waals surface area contributed by atoms with Gasteiger partial charge in [-0.25, -0.2) is 9.59 Å². The van der Waals surface area contributed by atoms with E-state index in [-0.39, 0.29) is 18.6 Å². The molecule has 0 unspecified atom stereocenters. The van der Waals surface area contributed by atoms with E-state index in [1.807, 2.05) is 6.92 Å². The number of hydrogen-bond acceptors (Lipinski definition) is 5. The Morgan fingerprint density at radius 2 is 1.78 bits per heavy atom. The number of carbonyl (C=O) groups is 3. The van der Waals surface area contributed by atoms with Crippen molar-refractivity contribution in [2.45, 2.75) is 57.9 Å². The van der Waals surface area contributed by atoms with Crippen LogP contribution < -0.4 is 15.4 Å². The molecule has 7 heteroatoms. The molecule has 2 N–H and O–H groups in total. The van der Waals surface area contributed by atoms with Crippen LogP contribution >= 0.6 is 0 Å². The van der Waals surface area contributed by atoms with Gasteiger partial charge < -0.3 is 14.8 Å². The topological polar surface area (TPSA) is 93.7 Å². The predicted molar refractivity (Wildman–Crippen MR) is 101 cm³/mol. The molecule has 27 heavy (non-hydrogen) atoms. The van der Waals surface area contributed by atoms with Gasteiger partial charge in [0.05, 0.1) is 12.2 Å². The minimum absolute atomic E-state index is 0.136. The molecule has 1 aromatic rings. The minimum Gasteiger partial charge on any atom is -0.484 e. The van der Waals surface area contributed by atoms with Gasteiger partial charge in [0.2, 0.25) is 0 Å². The van der Waals surface area contributed by atoms with Crippen molar-refractivity contribution in [2.24, 2.45) is 0 Å². The fraction of sp³-hybridized carbons (Fsp3) is 0.550. The molecule has 2 rings (SSSR count). The van der Waals surface area contributed by atoms with Crippen LogP contribution in [-0.2, 0) is 9.53 Å². The molecule has 7 nitrogen and oxygen atoms in total. The number of nitrogens with one attached hydrogen (secondary N) is 2. The smallest absolute Gasteiger partial charge is 0.338 e. The molecule has 148 valence electrons. The monoisotopic (exact) mass is 376 g/mol. The summed E-state index contributed by atoms with van der Waals surface area (Å²) in [4.78, 5) is 35.4. The van der Waals surface area contributed by atoms with E-state index < -0.39 is 11.9 Å². The lowest BCUT2D eigenvalue weighted by Gasteiger charge is -2.22. The van der Waals surface area contributed by atoms with Crippen LogP contribution in [0, 0.1) is 0 Å². The number of amides is 3. The molecule has 1 aliphatic carbocycles. The fourth-order valence-electron chi connectivity index (χ4n) is 2.86. The summed E-state index contributed by atoms with van der Waals surface area (Å²) < 4.78 is 10.5. The predicted octanol–water partition coefficient (Wildman–Crippen LogP) is 3.18. The van der Waals surface area contributed by atoms with Crippen molar-refractivity contribution in [2.75, 3.05) is 13.2 Å². The van der Waals surface area contributed by atoms with Gasteiger partial charge in [0.1, 0.15) is 5.75 Å². The van der Waals surface area contributed by atoms with Crippen molar-refractivity contribution in [1.82, 2.24) is 10.6 Å². The molecular weight excluding hydrogens is 348 g/mol. The Morgan fingerprint density at radius 3 is 2.44 bits per heavy atom. The van der Waals surface area contributed by atoms with E-state index in [0.29, 0.717) is 17.9 Å². The lowest BCUT2D eigenvalue weighted by atomic mass is 9.96. The number of unbranched alkanes of at least 4 members (excludes halogenated alkanes) is 1. The molecule has 0 heterocycles. The summed E-state index contributed by atoms with van der Waals surface area (Å²) in [6, 6.07) is 5.99. The van der Waals surface area contributed by atoms with E-state index in [0.717, 1.165) is 38.5 Å². The van der Waals surface area contributed by atoms with E-state index in [4.69, 9.17) is 9.47 Å². The zero-order chi connectivity index (χ0) is 19.5.